The Labute approximate surface area is 141 Å². The van der Waals surface area contributed by atoms with Crippen LogP contribution in [-0.2, 0) is 0 Å². The number of likely N-dealkylation sites (tertiary alicyclic amines) is 1. The van der Waals surface area contributed by atoms with Crippen molar-refractivity contribution in [1.82, 2.24) is 20.4 Å². The fourth-order valence-electron chi connectivity index (χ4n) is 4.67. The van der Waals surface area contributed by atoms with E-state index in [-0.39, 0.29) is 12.1 Å². The topological polar surface area (TPSA) is 47.6 Å². The molecule has 0 aromatic heterocycles. The van der Waals surface area contributed by atoms with Crippen molar-refractivity contribution in [1.29, 1.82) is 0 Å². The van der Waals surface area contributed by atoms with Crippen molar-refractivity contribution in [2.75, 3.05) is 39.3 Å². The lowest BCUT2D eigenvalue weighted by Gasteiger charge is -2.51. The van der Waals surface area contributed by atoms with Gasteiger partial charge in [0.25, 0.3) is 0 Å². The van der Waals surface area contributed by atoms with Gasteiger partial charge in [0.2, 0.25) is 0 Å². The summed E-state index contributed by atoms with van der Waals surface area (Å²) in [5.74, 6) is 1.71. The highest BCUT2D eigenvalue weighted by Gasteiger charge is 2.40. The lowest BCUT2D eigenvalue weighted by atomic mass is 9.75. The van der Waals surface area contributed by atoms with Gasteiger partial charge in [0.15, 0.2) is 0 Å². The van der Waals surface area contributed by atoms with Crippen LogP contribution in [-0.4, -0.2) is 67.2 Å². The molecule has 4 rings (SSSR count). The van der Waals surface area contributed by atoms with E-state index in [2.05, 4.69) is 20.4 Å². The first-order valence-electron chi connectivity index (χ1n) is 9.62. The van der Waals surface area contributed by atoms with Crippen molar-refractivity contribution in [2.24, 2.45) is 11.8 Å². The molecule has 0 saturated carbocycles. The van der Waals surface area contributed by atoms with Gasteiger partial charge in [0.05, 0.1) is 0 Å². The van der Waals surface area contributed by atoms with E-state index in [0.717, 1.165) is 18.4 Å². The number of carbonyl (C=O) groups excluding carboxylic acids is 1. The van der Waals surface area contributed by atoms with Crippen LogP contribution < -0.4 is 10.6 Å². The van der Waals surface area contributed by atoms with Gasteiger partial charge in [0, 0.05) is 31.7 Å². The molecule has 2 bridgehead atoms. The minimum Gasteiger partial charge on any atom is -0.337 e. The second kappa shape index (κ2) is 7.84. The largest absolute Gasteiger partial charge is 0.337 e. The SMILES string of the molecule is CC(C)NC(=O)NC[C@H]1C[C@@H]2CCN1C[C@@H]2CN1CCCCC1. The number of hydrogen-bond donors (Lipinski definition) is 2. The fraction of sp³-hybridized carbons (Fsp3) is 0.944. The van der Waals surface area contributed by atoms with E-state index in [1.54, 1.807) is 0 Å². The Morgan fingerprint density at radius 3 is 2.61 bits per heavy atom. The summed E-state index contributed by atoms with van der Waals surface area (Å²) in [6, 6.07) is 0.726. The van der Waals surface area contributed by atoms with Crippen LogP contribution in [0.1, 0.15) is 46.0 Å². The molecule has 1 unspecified atom stereocenters. The Kier molecular flexibility index (Phi) is 5.81. The van der Waals surface area contributed by atoms with Gasteiger partial charge in [-0.05, 0) is 71.0 Å². The Bertz CT molecular complexity index is 394. The maximum atomic E-state index is 11.8. The molecule has 0 spiro atoms. The molecule has 4 saturated heterocycles. The number of fused-ring (bicyclic) bond motifs is 3. The normalized spacial score (nSPS) is 34.6. The molecule has 0 aliphatic carbocycles. The van der Waals surface area contributed by atoms with E-state index in [0.29, 0.717) is 6.04 Å². The van der Waals surface area contributed by atoms with E-state index in [4.69, 9.17) is 0 Å². The van der Waals surface area contributed by atoms with Crippen molar-refractivity contribution in [2.45, 2.75) is 58.0 Å². The zero-order valence-electron chi connectivity index (χ0n) is 14.9. The van der Waals surface area contributed by atoms with Gasteiger partial charge in [0.1, 0.15) is 0 Å². The predicted octanol–water partition coefficient (Wildman–Crippen LogP) is 1.89. The average molecular weight is 322 g/mol. The highest BCUT2D eigenvalue weighted by Crippen LogP contribution is 2.36. The zero-order chi connectivity index (χ0) is 16.2. The zero-order valence-corrected chi connectivity index (χ0v) is 14.9. The maximum Gasteiger partial charge on any atom is 0.315 e. The van der Waals surface area contributed by atoms with Crippen LogP contribution in [0.5, 0.6) is 0 Å². The van der Waals surface area contributed by atoms with E-state index in [1.807, 2.05) is 13.8 Å². The fourth-order valence-corrected chi connectivity index (χ4v) is 4.67. The molecule has 4 fully saturated rings. The third-order valence-electron chi connectivity index (χ3n) is 5.87. The van der Waals surface area contributed by atoms with Crippen LogP contribution in [0.15, 0.2) is 0 Å². The quantitative estimate of drug-likeness (QED) is 0.813. The maximum absolute atomic E-state index is 11.8. The number of nitrogens with zero attached hydrogens (tertiary/aromatic N) is 2. The van der Waals surface area contributed by atoms with Gasteiger partial charge < -0.3 is 15.5 Å². The number of carbonyl (C=O) groups is 1. The first-order chi connectivity index (χ1) is 11.1. The van der Waals surface area contributed by atoms with Crippen molar-refractivity contribution in [3.8, 4) is 0 Å². The Morgan fingerprint density at radius 1 is 1.17 bits per heavy atom. The molecular formula is C18H34N4O. The second-order valence-electron chi connectivity index (χ2n) is 8.06. The summed E-state index contributed by atoms with van der Waals surface area (Å²) in [5.41, 5.74) is 0. The smallest absolute Gasteiger partial charge is 0.315 e. The molecule has 23 heavy (non-hydrogen) atoms. The molecule has 4 heterocycles. The van der Waals surface area contributed by atoms with E-state index < -0.39 is 0 Å². The number of amides is 2. The molecule has 0 radical (unpaired) electrons. The molecule has 2 amide bonds. The third-order valence-corrected chi connectivity index (χ3v) is 5.87. The van der Waals surface area contributed by atoms with Crippen molar-refractivity contribution in [3.05, 3.63) is 0 Å². The highest BCUT2D eigenvalue weighted by atomic mass is 16.2. The molecule has 5 heteroatoms. The summed E-state index contributed by atoms with van der Waals surface area (Å²) in [4.78, 5) is 17.1. The first-order valence-corrected chi connectivity index (χ1v) is 9.62. The molecule has 2 N–H and O–H groups in total. The molecule has 5 nitrogen and oxygen atoms in total. The number of rotatable bonds is 5. The molecule has 0 aromatic rings. The molecule has 4 atom stereocenters. The van der Waals surface area contributed by atoms with E-state index in [1.165, 1.54) is 64.8 Å². The van der Waals surface area contributed by atoms with Gasteiger partial charge in [-0.25, -0.2) is 4.79 Å². The lowest BCUT2D eigenvalue weighted by Crippen LogP contribution is -2.59. The Balaban J connectivity index is 1.44. The van der Waals surface area contributed by atoms with Gasteiger partial charge >= 0.3 is 6.03 Å². The van der Waals surface area contributed by atoms with Crippen LogP contribution in [0.3, 0.4) is 0 Å². The summed E-state index contributed by atoms with van der Waals surface area (Å²) < 4.78 is 0. The van der Waals surface area contributed by atoms with E-state index in [9.17, 15) is 4.79 Å². The summed E-state index contributed by atoms with van der Waals surface area (Å²) in [7, 11) is 0. The van der Waals surface area contributed by atoms with Crippen molar-refractivity contribution in [3.63, 3.8) is 0 Å². The van der Waals surface area contributed by atoms with Crippen molar-refractivity contribution >= 4 is 6.03 Å². The second-order valence-corrected chi connectivity index (χ2v) is 8.06. The first kappa shape index (κ1) is 17.0. The monoisotopic (exact) mass is 322 g/mol. The van der Waals surface area contributed by atoms with Crippen LogP contribution in [0.4, 0.5) is 4.79 Å². The molecular weight excluding hydrogens is 288 g/mol. The number of piperidine rings is 4. The molecule has 4 aliphatic rings. The van der Waals surface area contributed by atoms with Gasteiger partial charge in [-0.3, -0.25) is 4.90 Å². The number of hydrogen-bond acceptors (Lipinski definition) is 3. The predicted molar refractivity (Wildman–Crippen MR) is 93.5 cm³/mol. The minimum absolute atomic E-state index is 0.0208. The van der Waals surface area contributed by atoms with Crippen molar-refractivity contribution < 1.29 is 4.79 Å². The number of nitrogens with one attached hydrogen (secondary N) is 2. The molecule has 0 aromatic carbocycles. The summed E-state index contributed by atoms with van der Waals surface area (Å²) in [6.07, 6.45) is 6.81. The molecule has 4 aliphatic heterocycles. The van der Waals surface area contributed by atoms with Crippen LogP contribution in [0.2, 0.25) is 0 Å². The third kappa shape index (κ3) is 4.60. The standard InChI is InChI=1S/C18H34N4O/c1-14(2)20-18(23)19-11-17-10-15-6-9-22(17)13-16(15)12-21-7-4-3-5-8-21/h14-17H,3-13H2,1-2H3,(H2,19,20,23)/t15-,16-,17+/m0/s1. The highest BCUT2D eigenvalue weighted by molar-refractivity contribution is 5.74. The van der Waals surface area contributed by atoms with Gasteiger partial charge in [-0.2, -0.15) is 0 Å². The lowest BCUT2D eigenvalue weighted by molar-refractivity contribution is -0.0129. The number of urea groups is 1. The summed E-state index contributed by atoms with van der Waals surface area (Å²) >= 11 is 0. The molecule has 132 valence electrons. The minimum atomic E-state index is -0.0208. The van der Waals surface area contributed by atoms with E-state index >= 15 is 0 Å². The average Bonchev–Trinajstić information content (AvgIpc) is 2.54. The Morgan fingerprint density at radius 2 is 1.96 bits per heavy atom. The van der Waals surface area contributed by atoms with Crippen LogP contribution in [0, 0.1) is 11.8 Å². The van der Waals surface area contributed by atoms with Crippen LogP contribution in [0.25, 0.3) is 0 Å². The van der Waals surface area contributed by atoms with Gasteiger partial charge in [-0.15, -0.1) is 0 Å². The van der Waals surface area contributed by atoms with Crippen LogP contribution >= 0.6 is 0 Å². The Hall–Kier alpha value is -0.810. The van der Waals surface area contributed by atoms with Gasteiger partial charge in [-0.1, -0.05) is 6.42 Å². The summed E-state index contributed by atoms with van der Waals surface area (Å²) in [6.45, 7) is 11.2. The summed E-state index contributed by atoms with van der Waals surface area (Å²) in [5, 5.41) is 5.98.